The Labute approximate surface area is 205 Å². The van der Waals surface area contributed by atoms with Crippen molar-refractivity contribution in [2.24, 2.45) is 0 Å². The molecule has 3 aromatic rings. The van der Waals surface area contributed by atoms with E-state index in [1.807, 2.05) is 28.9 Å². The predicted molar refractivity (Wildman–Crippen MR) is 129 cm³/mol. The standard InChI is InChI=1S/C24H29FN6O2.ClH/c1-32-21-10-8-20(9-11-21)29-12-14-30(15-13-29)23(18-4-6-19(25)7-5-18)24-26-27-28-31(24)17-22-3-2-16-33-22;/h4-11,22-23H,2-3,12-17H2,1H3;1H. The molecule has 10 heteroatoms. The van der Waals surface area contributed by atoms with Crippen LogP contribution in [0.5, 0.6) is 5.75 Å². The summed E-state index contributed by atoms with van der Waals surface area (Å²) in [6, 6.07) is 14.7. The summed E-state index contributed by atoms with van der Waals surface area (Å²) in [5, 5.41) is 12.7. The molecular weight excluding hydrogens is 459 g/mol. The Morgan fingerprint density at radius 1 is 1.06 bits per heavy atom. The molecule has 2 saturated heterocycles. The van der Waals surface area contributed by atoms with Gasteiger partial charge < -0.3 is 14.4 Å². The Hall–Kier alpha value is -2.75. The molecule has 2 fully saturated rings. The Balaban J connectivity index is 0.00000274. The van der Waals surface area contributed by atoms with E-state index in [4.69, 9.17) is 9.47 Å². The van der Waals surface area contributed by atoms with Gasteiger partial charge in [0.25, 0.3) is 0 Å². The molecule has 3 heterocycles. The number of halogens is 2. The first-order valence-electron chi connectivity index (χ1n) is 11.5. The number of hydrogen-bond acceptors (Lipinski definition) is 7. The Morgan fingerprint density at radius 2 is 1.79 bits per heavy atom. The van der Waals surface area contributed by atoms with Gasteiger partial charge in [-0.25, -0.2) is 9.07 Å². The van der Waals surface area contributed by atoms with Gasteiger partial charge in [-0.3, -0.25) is 4.90 Å². The minimum atomic E-state index is -0.249. The van der Waals surface area contributed by atoms with Crippen LogP contribution in [0.25, 0.3) is 0 Å². The molecule has 0 spiro atoms. The number of piperazine rings is 1. The van der Waals surface area contributed by atoms with E-state index in [2.05, 4.69) is 37.5 Å². The smallest absolute Gasteiger partial charge is 0.173 e. The van der Waals surface area contributed by atoms with Gasteiger partial charge in [0, 0.05) is 38.5 Å². The van der Waals surface area contributed by atoms with Crippen LogP contribution in [0.4, 0.5) is 10.1 Å². The van der Waals surface area contributed by atoms with Crippen LogP contribution >= 0.6 is 12.4 Å². The van der Waals surface area contributed by atoms with Gasteiger partial charge in [-0.1, -0.05) is 12.1 Å². The highest BCUT2D eigenvalue weighted by Crippen LogP contribution is 2.30. The van der Waals surface area contributed by atoms with Crippen LogP contribution in [0.15, 0.2) is 48.5 Å². The molecule has 34 heavy (non-hydrogen) atoms. The number of aromatic nitrogens is 4. The van der Waals surface area contributed by atoms with Crippen molar-refractivity contribution < 1.29 is 13.9 Å². The van der Waals surface area contributed by atoms with E-state index >= 15 is 0 Å². The van der Waals surface area contributed by atoms with Crippen LogP contribution in [0.3, 0.4) is 0 Å². The van der Waals surface area contributed by atoms with Crippen molar-refractivity contribution in [3.63, 3.8) is 0 Å². The van der Waals surface area contributed by atoms with E-state index in [1.165, 1.54) is 17.8 Å². The molecule has 0 amide bonds. The summed E-state index contributed by atoms with van der Waals surface area (Å²) in [6.07, 6.45) is 2.21. The maximum absolute atomic E-state index is 13.7. The average molecular weight is 489 g/mol. The Kier molecular flexibility index (Phi) is 7.97. The monoisotopic (exact) mass is 488 g/mol. The van der Waals surface area contributed by atoms with E-state index in [1.54, 1.807) is 7.11 Å². The van der Waals surface area contributed by atoms with Gasteiger partial charge in [0.1, 0.15) is 11.6 Å². The van der Waals surface area contributed by atoms with Crippen LogP contribution in [0.2, 0.25) is 0 Å². The second-order valence-corrected chi connectivity index (χ2v) is 8.53. The fourth-order valence-corrected chi connectivity index (χ4v) is 4.72. The van der Waals surface area contributed by atoms with Crippen LogP contribution in [0.1, 0.15) is 30.3 Å². The summed E-state index contributed by atoms with van der Waals surface area (Å²) in [5.74, 6) is 1.38. The lowest BCUT2D eigenvalue weighted by Gasteiger charge is -2.40. The highest BCUT2D eigenvalue weighted by Gasteiger charge is 2.31. The summed E-state index contributed by atoms with van der Waals surface area (Å²) in [7, 11) is 1.68. The van der Waals surface area contributed by atoms with Crippen molar-refractivity contribution in [2.75, 3.05) is 44.8 Å². The highest BCUT2D eigenvalue weighted by molar-refractivity contribution is 5.85. The molecule has 1 aromatic heterocycles. The zero-order valence-corrected chi connectivity index (χ0v) is 20.0. The molecule has 2 aliphatic heterocycles. The third-order valence-electron chi connectivity index (χ3n) is 6.51. The average Bonchev–Trinajstić information content (AvgIpc) is 3.54. The number of nitrogens with zero attached hydrogens (tertiary/aromatic N) is 6. The van der Waals surface area contributed by atoms with Crippen LogP contribution in [0, 0.1) is 5.82 Å². The zero-order chi connectivity index (χ0) is 22.6. The maximum Gasteiger partial charge on any atom is 0.173 e. The lowest BCUT2D eigenvalue weighted by atomic mass is 10.0. The number of ether oxygens (including phenoxy) is 2. The molecule has 0 N–H and O–H groups in total. The number of anilines is 1. The minimum absolute atomic E-state index is 0. The van der Waals surface area contributed by atoms with E-state index in [0.29, 0.717) is 6.54 Å². The maximum atomic E-state index is 13.7. The second kappa shape index (κ2) is 11.1. The number of hydrogen-bond donors (Lipinski definition) is 0. The summed E-state index contributed by atoms with van der Waals surface area (Å²) < 4.78 is 26.6. The molecule has 8 nitrogen and oxygen atoms in total. The summed E-state index contributed by atoms with van der Waals surface area (Å²) in [5.41, 5.74) is 2.16. The molecule has 182 valence electrons. The first-order chi connectivity index (χ1) is 16.2. The lowest BCUT2D eigenvalue weighted by Crippen LogP contribution is -2.48. The van der Waals surface area contributed by atoms with Crippen LogP contribution < -0.4 is 9.64 Å². The molecule has 2 unspecified atom stereocenters. The molecular formula is C24H30ClFN6O2. The summed E-state index contributed by atoms with van der Waals surface area (Å²) >= 11 is 0. The SMILES string of the molecule is COc1ccc(N2CCN(C(c3ccc(F)cc3)c3nnnn3CC3CCCO3)CC2)cc1.Cl. The molecule has 0 radical (unpaired) electrons. The first kappa shape index (κ1) is 24.4. The highest BCUT2D eigenvalue weighted by atomic mass is 35.5. The van der Waals surface area contributed by atoms with Gasteiger partial charge in [-0.15, -0.1) is 17.5 Å². The van der Waals surface area contributed by atoms with Gasteiger partial charge in [0.2, 0.25) is 0 Å². The van der Waals surface area contributed by atoms with Crippen molar-refractivity contribution in [1.82, 2.24) is 25.1 Å². The second-order valence-electron chi connectivity index (χ2n) is 8.53. The van der Waals surface area contributed by atoms with Crippen molar-refractivity contribution in [3.8, 4) is 5.75 Å². The van der Waals surface area contributed by atoms with Crippen LogP contribution in [-0.2, 0) is 11.3 Å². The van der Waals surface area contributed by atoms with Crippen molar-refractivity contribution in [2.45, 2.75) is 31.5 Å². The summed E-state index contributed by atoms with van der Waals surface area (Å²) in [4.78, 5) is 4.75. The predicted octanol–water partition coefficient (Wildman–Crippen LogP) is 3.33. The Bertz CT molecular complexity index is 1030. The van der Waals surface area contributed by atoms with E-state index in [9.17, 15) is 4.39 Å². The lowest BCUT2D eigenvalue weighted by molar-refractivity contribution is 0.0906. The molecule has 2 aliphatic rings. The molecule has 5 rings (SSSR count). The molecule has 0 bridgehead atoms. The topological polar surface area (TPSA) is 68.5 Å². The summed E-state index contributed by atoms with van der Waals surface area (Å²) in [6.45, 7) is 4.83. The van der Waals surface area contributed by atoms with E-state index in [-0.39, 0.29) is 30.4 Å². The normalized spacial score (nSPS) is 19.6. The molecule has 2 aromatic carbocycles. The first-order valence-corrected chi connectivity index (χ1v) is 11.5. The van der Waals surface area contributed by atoms with Crippen molar-refractivity contribution in [1.29, 1.82) is 0 Å². The zero-order valence-electron chi connectivity index (χ0n) is 19.2. The largest absolute Gasteiger partial charge is 0.497 e. The Morgan fingerprint density at radius 3 is 2.44 bits per heavy atom. The van der Waals surface area contributed by atoms with Gasteiger partial charge in [-0.05, 0) is 65.2 Å². The third-order valence-corrected chi connectivity index (χ3v) is 6.51. The minimum Gasteiger partial charge on any atom is -0.497 e. The number of benzene rings is 2. The quantitative estimate of drug-likeness (QED) is 0.505. The fourth-order valence-electron chi connectivity index (χ4n) is 4.72. The van der Waals surface area contributed by atoms with Gasteiger partial charge in [-0.2, -0.15) is 0 Å². The van der Waals surface area contributed by atoms with Crippen molar-refractivity contribution >= 4 is 18.1 Å². The molecule has 0 aliphatic carbocycles. The number of tetrazole rings is 1. The molecule has 2 atom stereocenters. The van der Waals surface area contributed by atoms with E-state index in [0.717, 1.165) is 62.8 Å². The number of rotatable bonds is 7. The van der Waals surface area contributed by atoms with Crippen LogP contribution in [-0.4, -0.2) is 71.1 Å². The number of methoxy groups -OCH3 is 1. The van der Waals surface area contributed by atoms with E-state index < -0.39 is 0 Å². The van der Waals surface area contributed by atoms with Gasteiger partial charge in [0.15, 0.2) is 5.82 Å². The van der Waals surface area contributed by atoms with Gasteiger partial charge >= 0.3 is 0 Å². The van der Waals surface area contributed by atoms with Crippen molar-refractivity contribution in [3.05, 3.63) is 65.7 Å². The van der Waals surface area contributed by atoms with Gasteiger partial charge in [0.05, 0.1) is 25.8 Å². The molecule has 0 saturated carbocycles. The fraction of sp³-hybridized carbons (Fsp3) is 0.458. The third kappa shape index (κ3) is 5.32.